The summed E-state index contributed by atoms with van der Waals surface area (Å²) < 4.78 is 27.0. The number of aliphatic imine (C=N–C) groups is 1. The van der Waals surface area contributed by atoms with Gasteiger partial charge in [-0.3, -0.25) is 19.9 Å². The molecule has 3 aromatic carbocycles. The lowest BCUT2D eigenvalue weighted by atomic mass is 9.89. The van der Waals surface area contributed by atoms with Crippen LogP contribution in [0.4, 0.5) is 11.4 Å². The van der Waals surface area contributed by atoms with E-state index in [2.05, 4.69) is 25.8 Å². The lowest BCUT2D eigenvalue weighted by Gasteiger charge is -2.24. The largest absolute Gasteiger partial charge is 0.497 e. The predicted molar refractivity (Wildman–Crippen MR) is 172 cm³/mol. The molecule has 0 bridgehead atoms. The second-order valence-corrected chi connectivity index (χ2v) is 11.6. The molecule has 1 saturated heterocycles. The molecule has 3 aromatic rings. The van der Waals surface area contributed by atoms with Gasteiger partial charge in [-0.2, -0.15) is 0 Å². The summed E-state index contributed by atoms with van der Waals surface area (Å²) in [6.07, 6.45) is 5.96. The highest BCUT2D eigenvalue weighted by Gasteiger charge is 2.32. The number of amides is 1. The SMILES string of the molecule is CCCC(C)(C)COc1ccc(Oc2ccc(OC)cc2)c([N+](=O)[O-])c1.COc1cc2c(cc1OC)C(=O)N1CCCC1C=N2. The normalized spacial score (nSPS) is 15.2. The van der Waals surface area contributed by atoms with Gasteiger partial charge in [0.25, 0.3) is 5.91 Å². The number of fused-ring (bicyclic) bond motifs is 2. The van der Waals surface area contributed by atoms with Crippen molar-refractivity contribution in [3.8, 4) is 34.5 Å². The Morgan fingerprint density at radius 2 is 1.60 bits per heavy atom. The second kappa shape index (κ2) is 14.8. The number of methoxy groups -OCH3 is 3. The fraction of sp³-hybridized carbons (Fsp3) is 0.412. The molecule has 2 heterocycles. The van der Waals surface area contributed by atoms with Crippen molar-refractivity contribution < 1.29 is 33.4 Å². The topological polar surface area (TPSA) is 122 Å². The van der Waals surface area contributed by atoms with E-state index in [0.29, 0.717) is 46.6 Å². The maximum absolute atomic E-state index is 12.5. The van der Waals surface area contributed by atoms with Crippen LogP contribution in [0.25, 0.3) is 0 Å². The summed E-state index contributed by atoms with van der Waals surface area (Å²) in [6.45, 7) is 7.65. The van der Waals surface area contributed by atoms with E-state index < -0.39 is 4.92 Å². The van der Waals surface area contributed by atoms with Gasteiger partial charge in [0.2, 0.25) is 5.75 Å². The Kier molecular flexibility index (Phi) is 10.9. The van der Waals surface area contributed by atoms with Crippen molar-refractivity contribution in [2.45, 2.75) is 52.5 Å². The van der Waals surface area contributed by atoms with Gasteiger partial charge >= 0.3 is 5.69 Å². The van der Waals surface area contributed by atoms with Crippen molar-refractivity contribution in [3.63, 3.8) is 0 Å². The van der Waals surface area contributed by atoms with Crippen LogP contribution in [0.15, 0.2) is 59.6 Å². The van der Waals surface area contributed by atoms with Gasteiger partial charge in [-0.15, -0.1) is 0 Å². The van der Waals surface area contributed by atoms with Gasteiger partial charge in [0.15, 0.2) is 11.5 Å². The number of ether oxygens (including phenoxy) is 5. The van der Waals surface area contributed by atoms with Gasteiger partial charge < -0.3 is 28.6 Å². The standard InChI is InChI=1S/C20H25NO5.C14H16N2O3/c1-5-12-20(2,3)14-25-17-10-11-19(18(13-17)21(22)23)26-16-8-6-15(24-4)7-9-16;1-18-12-6-10-11(7-13(12)19-2)15-8-9-4-3-5-16(9)14(10)17/h6-11,13H,5,12,14H2,1-4H3;6-9H,3-5H2,1-2H3. The summed E-state index contributed by atoms with van der Waals surface area (Å²) in [5.41, 5.74) is 1.11. The average molecular weight is 620 g/mol. The summed E-state index contributed by atoms with van der Waals surface area (Å²) >= 11 is 0. The Morgan fingerprint density at radius 1 is 0.933 bits per heavy atom. The zero-order chi connectivity index (χ0) is 32.6. The lowest BCUT2D eigenvalue weighted by molar-refractivity contribution is -0.385. The van der Waals surface area contributed by atoms with Crippen molar-refractivity contribution in [3.05, 3.63) is 70.3 Å². The zero-order valence-corrected chi connectivity index (χ0v) is 26.7. The van der Waals surface area contributed by atoms with E-state index in [1.165, 1.54) is 6.07 Å². The molecule has 0 aliphatic carbocycles. The van der Waals surface area contributed by atoms with Crippen LogP contribution in [0.1, 0.15) is 56.8 Å². The predicted octanol–water partition coefficient (Wildman–Crippen LogP) is 7.63. The number of hydrogen-bond acceptors (Lipinski definition) is 9. The van der Waals surface area contributed by atoms with E-state index in [0.717, 1.165) is 32.2 Å². The second-order valence-electron chi connectivity index (χ2n) is 11.6. The first-order valence-electron chi connectivity index (χ1n) is 14.9. The van der Waals surface area contributed by atoms with Gasteiger partial charge in [0, 0.05) is 18.8 Å². The molecule has 0 saturated carbocycles. The van der Waals surface area contributed by atoms with Crippen LogP contribution in [0, 0.1) is 15.5 Å². The fourth-order valence-corrected chi connectivity index (χ4v) is 5.28. The first-order valence-corrected chi connectivity index (χ1v) is 14.9. The van der Waals surface area contributed by atoms with Crippen molar-refractivity contribution in [1.82, 2.24) is 4.90 Å². The van der Waals surface area contributed by atoms with E-state index in [4.69, 9.17) is 23.7 Å². The first kappa shape index (κ1) is 33.1. The van der Waals surface area contributed by atoms with E-state index in [-0.39, 0.29) is 28.8 Å². The van der Waals surface area contributed by atoms with E-state index in [1.54, 1.807) is 69.9 Å². The molecule has 1 amide bonds. The molecule has 11 heteroatoms. The van der Waals surface area contributed by atoms with Crippen LogP contribution in [-0.4, -0.2) is 62.5 Å². The summed E-state index contributed by atoms with van der Waals surface area (Å²) in [4.78, 5) is 29.8. The Balaban J connectivity index is 0.000000214. The van der Waals surface area contributed by atoms with Crippen LogP contribution < -0.4 is 23.7 Å². The monoisotopic (exact) mass is 619 g/mol. The number of nitro groups is 1. The number of nitrogens with zero attached hydrogens (tertiary/aromatic N) is 3. The maximum Gasteiger partial charge on any atom is 0.315 e. The molecule has 5 rings (SSSR count). The molecule has 240 valence electrons. The molecule has 0 spiro atoms. The van der Waals surface area contributed by atoms with Gasteiger partial charge in [-0.1, -0.05) is 27.2 Å². The highest BCUT2D eigenvalue weighted by atomic mass is 16.6. The van der Waals surface area contributed by atoms with Gasteiger partial charge in [0.05, 0.1) is 56.2 Å². The highest BCUT2D eigenvalue weighted by Crippen LogP contribution is 2.38. The summed E-state index contributed by atoms with van der Waals surface area (Å²) in [5.74, 6) is 2.98. The number of hydrogen-bond donors (Lipinski definition) is 0. The zero-order valence-electron chi connectivity index (χ0n) is 26.7. The molecule has 2 aliphatic heterocycles. The third-order valence-corrected chi connectivity index (χ3v) is 7.65. The van der Waals surface area contributed by atoms with E-state index in [9.17, 15) is 14.9 Å². The minimum Gasteiger partial charge on any atom is -0.497 e. The minimum atomic E-state index is -0.469. The lowest BCUT2D eigenvalue weighted by Crippen LogP contribution is -2.35. The number of rotatable bonds is 11. The van der Waals surface area contributed by atoms with Crippen LogP contribution in [0.2, 0.25) is 0 Å². The highest BCUT2D eigenvalue weighted by molar-refractivity contribution is 6.03. The van der Waals surface area contributed by atoms with Crippen molar-refractivity contribution in [1.29, 1.82) is 0 Å². The Bertz CT molecular complexity index is 1520. The fourth-order valence-electron chi connectivity index (χ4n) is 5.28. The van der Waals surface area contributed by atoms with Gasteiger partial charge in [0.1, 0.15) is 17.2 Å². The molecule has 2 aliphatic rings. The number of carbonyl (C=O) groups excluding carboxylic acids is 1. The molecule has 45 heavy (non-hydrogen) atoms. The van der Waals surface area contributed by atoms with Crippen molar-refractivity contribution in [2.75, 3.05) is 34.5 Å². The number of carbonyl (C=O) groups is 1. The van der Waals surface area contributed by atoms with Crippen LogP contribution in [0.3, 0.4) is 0 Å². The molecule has 1 unspecified atom stereocenters. The van der Waals surface area contributed by atoms with Gasteiger partial charge in [-0.05, 0) is 67.1 Å². The Morgan fingerprint density at radius 3 is 2.24 bits per heavy atom. The first-order chi connectivity index (χ1) is 21.6. The molecule has 0 aromatic heterocycles. The third-order valence-electron chi connectivity index (χ3n) is 7.65. The molecule has 0 N–H and O–H groups in total. The van der Waals surface area contributed by atoms with E-state index >= 15 is 0 Å². The van der Waals surface area contributed by atoms with Crippen molar-refractivity contribution in [2.24, 2.45) is 10.4 Å². The van der Waals surface area contributed by atoms with Crippen LogP contribution >= 0.6 is 0 Å². The number of benzene rings is 3. The third kappa shape index (κ3) is 8.23. The minimum absolute atomic E-state index is 0.0157. The molecule has 11 nitrogen and oxygen atoms in total. The quantitative estimate of drug-likeness (QED) is 0.159. The summed E-state index contributed by atoms with van der Waals surface area (Å²) in [7, 11) is 4.71. The molecule has 1 fully saturated rings. The molecular weight excluding hydrogens is 578 g/mol. The molecule has 1 atom stereocenters. The number of nitro benzene ring substituents is 1. The summed E-state index contributed by atoms with van der Waals surface area (Å²) in [6, 6.07) is 15.1. The smallest absolute Gasteiger partial charge is 0.315 e. The summed E-state index contributed by atoms with van der Waals surface area (Å²) in [5, 5.41) is 11.4. The Hall–Kier alpha value is -4.80. The van der Waals surface area contributed by atoms with E-state index in [1.807, 2.05) is 11.1 Å². The maximum atomic E-state index is 12.5. The average Bonchev–Trinajstić information content (AvgIpc) is 3.47. The van der Waals surface area contributed by atoms with Crippen molar-refractivity contribution >= 4 is 23.5 Å². The van der Waals surface area contributed by atoms with Crippen LogP contribution in [0.5, 0.6) is 34.5 Å². The molecular formula is C34H41N3O8. The Labute approximate surface area is 263 Å². The van der Waals surface area contributed by atoms with Gasteiger partial charge in [-0.25, -0.2) is 0 Å². The van der Waals surface area contributed by atoms with Crippen LogP contribution in [-0.2, 0) is 0 Å². The molecule has 0 radical (unpaired) electrons.